The molecule has 4 nitrogen and oxygen atoms in total. The van der Waals surface area contributed by atoms with Gasteiger partial charge in [-0.3, -0.25) is 4.79 Å². The Morgan fingerprint density at radius 2 is 1.86 bits per heavy atom. The van der Waals surface area contributed by atoms with Gasteiger partial charge in [-0.25, -0.2) is 0 Å². The van der Waals surface area contributed by atoms with Gasteiger partial charge in [0.15, 0.2) is 0 Å². The summed E-state index contributed by atoms with van der Waals surface area (Å²) >= 11 is 6.64. The van der Waals surface area contributed by atoms with E-state index in [1.165, 1.54) is 12.8 Å². The summed E-state index contributed by atoms with van der Waals surface area (Å²) < 4.78 is 6.34. The summed E-state index contributed by atoms with van der Waals surface area (Å²) in [7, 11) is 0. The number of aliphatic hydroxyl groups is 1. The molecule has 0 saturated heterocycles. The largest absolute Gasteiger partial charge is 0.489 e. The lowest BCUT2D eigenvalue weighted by Crippen LogP contribution is -2.37. The van der Waals surface area contributed by atoms with Gasteiger partial charge in [0, 0.05) is 23.4 Å². The number of amides is 1. The zero-order valence-electron chi connectivity index (χ0n) is 20.8. The first-order valence-electron chi connectivity index (χ1n) is 12.9. The van der Waals surface area contributed by atoms with E-state index in [1.54, 1.807) is 4.90 Å². The molecule has 5 atom stereocenters. The van der Waals surface area contributed by atoms with Crippen molar-refractivity contribution in [3.63, 3.8) is 0 Å². The first-order chi connectivity index (χ1) is 16.8. The predicted molar refractivity (Wildman–Crippen MR) is 140 cm³/mol. The van der Waals surface area contributed by atoms with Gasteiger partial charge in [-0.15, -0.1) is 0 Å². The van der Waals surface area contributed by atoms with Crippen molar-refractivity contribution in [1.29, 1.82) is 0 Å². The highest BCUT2D eigenvalue weighted by atomic mass is 35.5. The molecule has 2 saturated carbocycles. The van der Waals surface area contributed by atoms with Crippen molar-refractivity contribution in [2.45, 2.75) is 65.1 Å². The first-order valence-corrected chi connectivity index (χ1v) is 13.3. The normalized spacial score (nSPS) is 26.2. The van der Waals surface area contributed by atoms with E-state index >= 15 is 0 Å². The van der Waals surface area contributed by atoms with Crippen LogP contribution in [0.2, 0.25) is 5.02 Å². The molecule has 0 spiro atoms. The van der Waals surface area contributed by atoms with E-state index in [0.717, 1.165) is 53.8 Å². The second kappa shape index (κ2) is 9.88. The molecule has 2 aromatic carbocycles. The van der Waals surface area contributed by atoms with Crippen LogP contribution in [0.1, 0.15) is 67.9 Å². The third-order valence-electron chi connectivity index (χ3n) is 8.23. The molecule has 184 valence electrons. The lowest BCUT2D eigenvalue weighted by atomic mass is 9.78. The Balaban J connectivity index is 1.28. The molecule has 3 unspecified atom stereocenters. The van der Waals surface area contributed by atoms with Gasteiger partial charge < -0.3 is 14.7 Å². The standard InChI is InChI=1S/C30H34ClNO3/c1-18(2)28(33)10-5-20-4-9-26-23(14-20)12-13-32(30(26)34)24-8-11-29(27(31)17-24)35-25-15-21-6-7-22(16-25)19(21)3/h4,8-9,11,14,17-19,21-22,25,28,33H,6-7,12-13,15-16H2,1-3H3/t19?,21-,22+,25?,28?. The highest BCUT2D eigenvalue weighted by Crippen LogP contribution is 2.47. The molecule has 2 fully saturated rings. The van der Waals surface area contributed by atoms with E-state index in [1.807, 2.05) is 50.2 Å². The summed E-state index contributed by atoms with van der Waals surface area (Å²) in [5, 5.41) is 10.5. The number of hydrogen-bond acceptors (Lipinski definition) is 3. The van der Waals surface area contributed by atoms with Gasteiger partial charge in [0.05, 0.1) is 11.1 Å². The van der Waals surface area contributed by atoms with Crippen molar-refractivity contribution in [1.82, 2.24) is 0 Å². The first kappa shape index (κ1) is 24.2. The van der Waals surface area contributed by atoms with Crippen LogP contribution in [-0.2, 0) is 6.42 Å². The minimum Gasteiger partial charge on any atom is -0.489 e. The fraction of sp³-hybridized carbons (Fsp3) is 0.500. The van der Waals surface area contributed by atoms with Crippen LogP contribution in [0.15, 0.2) is 36.4 Å². The number of anilines is 1. The number of carbonyl (C=O) groups excluding carboxylic acids is 1. The molecule has 5 heteroatoms. The molecular formula is C30H34ClNO3. The zero-order valence-corrected chi connectivity index (χ0v) is 21.5. The molecule has 1 heterocycles. The molecule has 1 aliphatic heterocycles. The van der Waals surface area contributed by atoms with Crippen molar-refractivity contribution < 1.29 is 14.6 Å². The number of ether oxygens (including phenoxy) is 1. The Bertz CT molecular complexity index is 1170. The molecule has 0 aromatic heterocycles. The number of aliphatic hydroxyl groups excluding tert-OH is 1. The molecule has 2 aliphatic carbocycles. The number of halogens is 1. The van der Waals surface area contributed by atoms with E-state index in [2.05, 4.69) is 18.8 Å². The average molecular weight is 492 g/mol. The lowest BCUT2D eigenvalue weighted by Gasteiger charge is -2.33. The van der Waals surface area contributed by atoms with Crippen LogP contribution >= 0.6 is 11.6 Å². The summed E-state index contributed by atoms with van der Waals surface area (Å²) in [5.41, 5.74) is 3.29. The lowest BCUT2D eigenvalue weighted by molar-refractivity contribution is 0.0864. The van der Waals surface area contributed by atoms with E-state index in [-0.39, 0.29) is 17.9 Å². The Morgan fingerprint density at radius 3 is 2.54 bits per heavy atom. The van der Waals surface area contributed by atoms with E-state index in [4.69, 9.17) is 16.3 Å². The molecule has 5 rings (SSSR count). The highest BCUT2D eigenvalue weighted by molar-refractivity contribution is 6.32. The maximum Gasteiger partial charge on any atom is 0.258 e. The molecule has 1 N–H and O–H groups in total. The van der Waals surface area contributed by atoms with Crippen LogP contribution in [0.4, 0.5) is 5.69 Å². The van der Waals surface area contributed by atoms with Gasteiger partial charge in [0.2, 0.25) is 0 Å². The van der Waals surface area contributed by atoms with Crippen molar-refractivity contribution in [3.8, 4) is 17.6 Å². The maximum atomic E-state index is 13.3. The molecule has 0 radical (unpaired) electrons. The van der Waals surface area contributed by atoms with Crippen molar-refractivity contribution in [2.24, 2.45) is 23.7 Å². The predicted octanol–water partition coefficient (Wildman–Crippen LogP) is 6.11. The summed E-state index contributed by atoms with van der Waals surface area (Å²) in [4.78, 5) is 15.1. The third kappa shape index (κ3) is 4.95. The molecule has 35 heavy (non-hydrogen) atoms. The SMILES string of the molecule is CC(C)C(O)C#Cc1ccc2c(c1)CCN(c1ccc(OC3C[C@H]4CC[C@@H](C3)C4C)c(Cl)c1)C2=O. The topological polar surface area (TPSA) is 49.8 Å². The smallest absolute Gasteiger partial charge is 0.258 e. The van der Waals surface area contributed by atoms with Crippen molar-refractivity contribution >= 4 is 23.2 Å². The van der Waals surface area contributed by atoms with Crippen LogP contribution in [0, 0.1) is 35.5 Å². The van der Waals surface area contributed by atoms with Crippen molar-refractivity contribution in [3.05, 3.63) is 58.1 Å². The molecule has 1 amide bonds. The van der Waals surface area contributed by atoms with Gasteiger partial charge in [-0.05, 0) is 97.7 Å². The minimum atomic E-state index is -0.656. The maximum absolute atomic E-state index is 13.3. The van der Waals surface area contributed by atoms with Crippen LogP contribution in [0.5, 0.6) is 5.75 Å². The second-order valence-corrected chi connectivity index (χ2v) is 11.2. The number of benzene rings is 2. The number of carbonyl (C=O) groups is 1. The Kier molecular flexibility index (Phi) is 6.84. The van der Waals surface area contributed by atoms with Crippen LogP contribution < -0.4 is 9.64 Å². The van der Waals surface area contributed by atoms with Gasteiger partial charge in [-0.1, -0.05) is 44.2 Å². The summed E-state index contributed by atoms with van der Waals surface area (Å²) in [5.74, 6) is 9.05. The summed E-state index contributed by atoms with van der Waals surface area (Å²) in [6.45, 7) is 6.84. The average Bonchev–Trinajstić information content (AvgIpc) is 3.04. The van der Waals surface area contributed by atoms with Crippen LogP contribution in [0.25, 0.3) is 0 Å². The Hall–Kier alpha value is -2.48. The van der Waals surface area contributed by atoms with Crippen molar-refractivity contribution in [2.75, 3.05) is 11.4 Å². The summed E-state index contributed by atoms with van der Waals surface area (Å²) in [6, 6.07) is 11.4. The Labute approximate surface area is 213 Å². The molecular weight excluding hydrogens is 458 g/mol. The summed E-state index contributed by atoms with van der Waals surface area (Å²) in [6.07, 6.45) is 5.18. The minimum absolute atomic E-state index is 0.0319. The Morgan fingerprint density at radius 1 is 1.11 bits per heavy atom. The zero-order chi connectivity index (χ0) is 24.7. The second-order valence-electron chi connectivity index (χ2n) is 10.8. The van der Waals surface area contributed by atoms with Crippen LogP contribution in [-0.4, -0.2) is 29.8 Å². The van der Waals surface area contributed by atoms with Gasteiger partial charge in [0.1, 0.15) is 11.9 Å². The molecule has 2 aromatic rings. The number of hydrogen-bond donors (Lipinski definition) is 1. The van der Waals surface area contributed by atoms with E-state index in [9.17, 15) is 9.90 Å². The fourth-order valence-corrected chi connectivity index (χ4v) is 6.16. The van der Waals surface area contributed by atoms with Gasteiger partial charge in [0.25, 0.3) is 5.91 Å². The molecule has 3 aliphatic rings. The highest BCUT2D eigenvalue weighted by Gasteiger charge is 2.41. The van der Waals surface area contributed by atoms with E-state index < -0.39 is 6.10 Å². The van der Waals surface area contributed by atoms with Crippen LogP contribution in [0.3, 0.4) is 0 Å². The number of fused-ring (bicyclic) bond motifs is 3. The third-order valence-corrected chi connectivity index (χ3v) is 8.52. The number of rotatable bonds is 4. The molecule has 2 bridgehead atoms. The quantitative estimate of drug-likeness (QED) is 0.524. The van der Waals surface area contributed by atoms with Gasteiger partial charge >= 0.3 is 0 Å². The number of nitrogens with zero attached hydrogens (tertiary/aromatic N) is 1. The van der Waals surface area contributed by atoms with Gasteiger partial charge in [-0.2, -0.15) is 0 Å². The monoisotopic (exact) mass is 491 g/mol. The van der Waals surface area contributed by atoms with E-state index in [0.29, 0.717) is 22.9 Å². The fourth-order valence-electron chi connectivity index (χ4n) is 5.94.